The van der Waals surface area contributed by atoms with Crippen LogP contribution in [-0.2, 0) is 4.79 Å². The Hall–Kier alpha value is -1.66. The summed E-state index contributed by atoms with van der Waals surface area (Å²) in [6.45, 7) is 4.41. The van der Waals surface area contributed by atoms with E-state index >= 15 is 0 Å². The Morgan fingerprint density at radius 2 is 2.18 bits per heavy atom. The number of piperidine rings is 1. The van der Waals surface area contributed by atoms with Crippen molar-refractivity contribution < 1.29 is 9.72 Å². The molecule has 1 aliphatic rings. The average Bonchev–Trinajstić information content (AvgIpc) is 2.48. The summed E-state index contributed by atoms with van der Waals surface area (Å²) in [5.74, 6) is -0.0366. The fraction of sp³-hybridized carbons (Fsp3) is 0.533. The summed E-state index contributed by atoms with van der Waals surface area (Å²) in [6.07, 6.45) is 2.99. The second-order valence-corrected chi connectivity index (χ2v) is 5.54. The van der Waals surface area contributed by atoms with E-state index < -0.39 is 4.92 Å². The third-order valence-electron chi connectivity index (χ3n) is 3.92. The molecule has 1 aromatic carbocycles. The maximum absolute atomic E-state index is 12.2. The highest BCUT2D eigenvalue weighted by Gasteiger charge is 2.22. The van der Waals surface area contributed by atoms with Gasteiger partial charge in [-0.15, -0.1) is 12.4 Å². The van der Waals surface area contributed by atoms with Gasteiger partial charge in [0.1, 0.15) is 0 Å². The van der Waals surface area contributed by atoms with E-state index in [2.05, 4.69) is 10.6 Å². The van der Waals surface area contributed by atoms with Gasteiger partial charge >= 0.3 is 0 Å². The Balaban J connectivity index is 0.00000242. The number of carbonyl (C=O) groups is 1. The molecule has 0 aliphatic carbocycles. The molecule has 0 saturated carbocycles. The molecule has 0 spiro atoms. The molecule has 1 amide bonds. The van der Waals surface area contributed by atoms with Crippen LogP contribution in [0, 0.1) is 17.0 Å². The van der Waals surface area contributed by atoms with Crippen molar-refractivity contribution in [1.82, 2.24) is 10.6 Å². The molecule has 0 radical (unpaired) electrons. The number of nitrogens with one attached hydrogen (secondary N) is 2. The zero-order valence-corrected chi connectivity index (χ0v) is 13.6. The van der Waals surface area contributed by atoms with E-state index in [1.807, 2.05) is 13.0 Å². The molecule has 1 fully saturated rings. The van der Waals surface area contributed by atoms with E-state index in [9.17, 15) is 14.9 Å². The normalized spacial score (nSPS) is 18.9. The minimum Gasteiger partial charge on any atom is -0.348 e. The first-order valence-electron chi connectivity index (χ1n) is 7.27. The number of nitrogens with zero attached hydrogens (tertiary/aromatic N) is 1. The van der Waals surface area contributed by atoms with Gasteiger partial charge in [-0.05, 0) is 38.8 Å². The number of hydrogen-bond donors (Lipinski definition) is 2. The first kappa shape index (κ1) is 18.4. The van der Waals surface area contributed by atoms with Crippen LogP contribution in [0.1, 0.15) is 43.4 Å². The molecule has 2 N–H and O–H groups in total. The van der Waals surface area contributed by atoms with E-state index in [1.54, 1.807) is 13.0 Å². The van der Waals surface area contributed by atoms with Crippen molar-refractivity contribution in [2.75, 3.05) is 6.54 Å². The molecule has 1 heterocycles. The molecule has 2 unspecified atom stereocenters. The predicted octanol–water partition coefficient (Wildman–Crippen LogP) is 2.64. The van der Waals surface area contributed by atoms with Crippen LogP contribution in [0.25, 0.3) is 0 Å². The van der Waals surface area contributed by atoms with Crippen molar-refractivity contribution in [3.63, 3.8) is 0 Å². The zero-order valence-electron chi connectivity index (χ0n) is 12.8. The SMILES string of the molecule is Cc1ccc(C(C)NC(=O)C2CCCCN2)cc1[N+](=O)[O-].Cl. The Kier molecular flexibility index (Phi) is 6.77. The Bertz CT molecular complexity index is 545. The van der Waals surface area contributed by atoms with Crippen LogP contribution in [0.15, 0.2) is 18.2 Å². The summed E-state index contributed by atoms with van der Waals surface area (Å²) < 4.78 is 0. The number of halogens is 1. The number of hydrogen-bond acceptors (Lipinski definition) is 4. The lowest BCUT2D eigenvalue weighted by atomic mass is 10.0. The molecule has 122 valence electrons. The molecule has 0 aromatic heterocycles. The second-order valence-electron chi connectivity index (χ2n) is 5.54. The molecular weight excluding hydrogens is 306 g/mol. The molecule has 1 saturated heterocycles. The summed E-state index contributed by atoms with van der Waals surface area (Å²) in [5.41, 5.74) is 1.46. The fourth-order valence-corrected chi connectivity index (χ4v) is 2.57. The van der Waals surface area contributed by atoms with Gasteiger partial charge in [-0.2, -0.15) is 0 Å². The molecule has 22 heavy (non-hydrogen) atoms. The quantitative estimate of drug-likeness (QED) is 0.657. The summed E-state index contributed by atoms with van der Waals surface area (Å²) in [4.78, 5) is 22.7. The van der Waals surface area contributed by atoms with Gasteiger partial charge in [-0.25, -0.2) is 0 Å². The minimum atomic E-state index is -0.393. The van der Waals surface area contributed by atoms with E-state index in [4.69, 9.17) is 0 Å². The molecule has 1 aromatic rings. The van der Waals surface area contributed by atoms with Gasteiger partial charge < -0.3 is 10.6 Å². The fourth-order valence-electron chi connectivity index (χ4n) is 2.57. The molecule has 0 bridgehead atoms. The van der Waals surface area contributed by atoms with Crippen LogP contribution in [0.3, 0.4) is 0 Å². The Labute approximate surface area is 136 Å². The number of nitro benzene ring substituents is 1. The number of nitro groups is 1. The largest absolute Gasteiger partial charge is 0.348 e. The number of aryl methyl sites for hydroxylation is 1. The highest BCUT2D eigenvalue weighted by molar-refractivity contribution is 5.85. The van der Waals surface area contributed by atoms with Gasteiger partial charge in [0.15, 0.2) is 0 Å². The van der Waals surface area contributed by atoms with E-state index in [0.29, 0.717) is 5.56 Å². The topological polar surface area (TPSA) is 84.3 Å². The summed E-state index contributed by atoms with van der Waals surface area (Å²) in [6, 6.07) is 4.67. The van der Waals surface area contributed by atoms with Crippen LogP contribution < -0.4 is 10.6 Å². The van der Waals surface area contributed by atoms with Crippen molar-refractivity contribution >= 4 is 24.0 Å². The Morgan fingerprint density at radius 3 is 2.77 bits per heavy atom. The second kappa shape index (κ2) is 8.10. The number of benzene rings is 1. The third-order valence-corrected chi connectivity index (χ3v) is 3.92. The maximum Gasteiger partial charge on any atom is 0.272 e. The van der Waals surface area contributed by atoms with Crippen LogP contribution >= 0.6 is 12.4 Å². The van der Waals surface area contributed by atoms with Crippen LogP contribution in [0.5, 0.6) is 0 Å². The minimum absolute atomic E-state index is 0. The summed E-state index contributed by atoms with van der Waals surface area (Å²) in [5, 5.41) is 17.1. The average molecular weight is 328 g/mol. The zero-order chi connectivity index (χ0) is 15.4. The number of rotatable bonds is 4. The molecule has 1 aliphatic heterocycles. The van der Waals surface area contributed by atoms with Crippen molar-refractivity contribution in [3.05, 3.63) is 39.4 Å². The molecular formula is C15H22ClN3O3. The lowest BCUT2D eigenvalue weighted by molar-refractivity contribution is -0.385. The molecule has 6 nitrogen and oxygen atoms in total. The first-order chi connectivity index (χ1) is 9.99. The van der Waals surface area contributed by atoms with Gasteiger partial charge in [0.2, 0.25) is 5.91 Å². The summed E-state index contributed by atoms with van der Waals surface area (Å²) >= 11 is 0. The first-order valence-corrected chi connectivity index (χ1v) is 7.27. The number of amides is 1. The smallest absolute Gasteiger partial charge is 0.272 e. The van der Waals surface area contributed by atoms with E-state index in [0.717, 1.165) is 31.4 Å². The van der Waals surface area contributed by atoms with Crippen LogP contribution in [-0.4, -0.2) is 23.4 Å². The van der Waals surface area contributed by atoms with E-state index in [1.165, 1.54) is 6.07 Å². The van der Waals surface area contributed by atoms with Crippen LogP contribution in [0.2, 0.25) is 0 Å². The van der Waals surface area contributed by atoms with E-state index in [-0.39, 0.29) is 36.1 Å². The highest BCUT2D eigenvalue weighted by atomic mass is 35.5. The standard InChI is InChI=1S/C15H21N3O3.ClH/c1-10-6-7-12(9-14(10)18(20)21)11(2)17-15(19)13-5-3-4-8-16-13;/h6-7,9,11,13,16H,3-5,8H2,1-2H3,(H,17,19);1H. The monoisotopic (exact) mass is 327 g/mol. The van der Waals surface area contributed by atoms with Crippen molar-refractivity contribution in [2.24, 2.45) is 0 Å². The third kappa shape index (κ3) is 4.42. The summed E-state index contributed by atoms with van der Waals surface area (Å²) in [7, 11) is 0. The Morgan fingerprint density at radius 1 is 1.45 bits per heavy atom. The van der Waals surface area contributed by atoms with Gasteiger partial charge in [0.05, 0.1) is 17.0 Å². The predicted molar refractivity (Wildman–Crippen MR) is 87.3 cm³/mol. The number of carbonyl (C=O) groups excluding carboxylic acids is 1. The highest BCUT2D eigenvalue weighted by Crippen LogP contribution is 2.23. The maximum atomic E-state index is 12.2. The lowest BCUT2D eigenvalue weighted by Crippen LogP contribution is -2.47. The van der Waals surface area contributed by atoms with Crippen molar-refractivity contribution in [1.29, 1.82) is 0 Å². The van der Waals surface area contributed by atoms with Gasteiger partial charge in [0, 0.05) is 11.6 Å². The van der Waals surface area contributed by atoms with Crippen molar-refractivity contribution in [3.8, 4) is 0 Å². The van der Waals surface area contributed by atoms with Gasteiger partial charge in [-0.1, -0.05) is 18.6 Å². The molecule has 2 rings (SSSR count). The lowest BCUT2D eigenvalue weighted by Gasteiger charge is -2.24. The van der Waals surface area contributed by atoms with Crippen LogP contribution in [0.4, 0.5) is 5.69 Å². The van der Waals surface area contributed by atoms with Gasteiger partial charge in [0.25, 0.3) is 5.69 Å². The molecule has 7 heteroatoms. The van der Waals surface area contributed by atoms with Crippen molar-refractivity contribution in [2.45, 2.75) is 45.2 Å². The molecule has 2 atom stereocenters. The van der Waals surface area contributed by atoms with Gasteiger partial charge in [-0.3, -0.25) is 14.9 Å².